The van der Waals surface area contributed by atoms with E-state index in [1.165, 1.54) is 0 Å². The molecular formula is C17H9F18N3O16S6. The Labute approximate surface area is 318 Å². The topological polar surface area (TPSA) is 294 Å². The van der Waals surface area contributed by atoms with Crippen LogP contribution in [-0.4, -0.2) is 113 Å². The van der Waals surface area contributed by atoms with E-state index in [-0.39, 0.29) is 9.44 Å². The van der Waals surface area contributed by atoms with Crippen molar-refractivity contribution in [1.29, 1.82) is 0 Å². The fourth-order valence-corrected chi connectivity index (χ4v) is 9.71. The van der Waals surface area contributed by atoms with E-state index in [0.29, 0.717) is 0 Å². The molecule has 0 aromatic heterocycles. The Kier molecular flexibility index (Phi) is 13.8. The van der Waals surface area contributed by atoms with Crippen LogP contribution in [0, 0.1) is 0 Å². The zero-order chi connectivity index (χ0) is 48.5. The summed E-state index contributed by atoms with van der Waals surface area (Å²) in [5.41, 5.74) is -9.36. The molecule has 43 heteroatoms. The van der Waals surface area contributed by atoms with Crippen LogP contribution in [0.25, 0.3) is 0 Å². The SMILES string of the molecule is CS(=O)(=O)NS(=O)(=O)C(F)(F)C(F)(F)C(F)(F)S(=O)(=O)Oc1cc(OS(=O)(=O)C(F)(F)C(F)(F)C(F)(F)S(=O)(=O)NS(=O)(=O)C(F)(F)F)cc(C(=O)NC(=O)C(F)(F)F)c1. The summed E-state index contributed by atoms with van der Waals surface area (Å²) in [5.74, 6) is -28.3. The second-order valence-corrected chi connectivity index (χ2v) is 20.7. The van der Waals surface area contributed by atoms with E-state index in [0.717, 1.165) is 0 Å². The molecule has 0 heterocycles. The van der Waals surface area contributed by atoms with E-state index >= 15 is 0 Å². The van der Waals surface area contributed by atoms with Crippen LogP contribution in [0.1, 0.15) is 10.4 Å². The molecule has 1 aromatic carbocycles. The Bertz CT molecular complexity index is 2590. The molecule has 0 unspecified atom stereocenters. The molecule has 0 fully saturated rings. The number of amides is 2. The summed E-state index contributed by atoms with van der Waals surface area (Å²) in [6.45, 7) is 0. The lowest BCUT2D eigenvalue weighted by atomic mass is 10.2. The van der Waals surface area contributed by atoms with Gasteiger partial charge in [-0.2, -0.15) is 95.9 Å². The fraction of sp³-hybridized carbons (Fsp3) is 0.529. The third-order valence-electron chi connectivity index (χ3n) is 5.59. The molecule has 350 valence electrons. The molecule has 0 bridgehead atoms. The molecule has 0 aliphatic heterocycles. The molecule has 3 N–H and O–H groups in total. The summed E-state index contributed by atoms with van der Waals surface area (Å²) in [5, 5.41) is -31.4. The first-order valence-electron chi connectivity index (χ1n) is 12.5. The molecule has 0 saturated heterocycles. The minimum Gasteiger partial charge on any atom is -0.378 e. The van der Waals surface area contributed by atoms with Crippen LogP contribution in [-0.2, 0) is 65.1 Å². The van der Waals surface area contributed by atoms with Crippen LogP contribution in [0.2, 0.25) is 0 Å². The monoisotopic (exact) mass is 1040 g/mol. The molecule has 60 heavy (non-hydrogen) atoms. The maximum Gasteiger partial charge on any atom is 0.512 e. The summed E-state index contributed by atoms with van der Waals surface area (Å²) in [4.78, 5) is 23.2. The lowest BCUT2D eigenvalue weighted by Crippen LogP contribution is -2.64. The molecule has 19 nitrogen and oxygen atoms in total. The highest BCUT2D eigenvalue weighted by molar-refractivity contribution is 8.06. The van der Waals surface area contributed by atoms with E-state index in [4.69, 9.17) is 0 Å². The second kappa shape index (κ2) is 15.3. The highest BCUT2D eigenvalue weighted by Crippen LogP contribution is 2.53. The molecule has 1 rings (SSSR count). The molecule has 0 spiro atoms. The average molecular weight is 1050 g/mol. The number of carbonyl (C=O) groups excluding carboxylic acids is 2. The minimum atomic E-state index is -8.46. The van der Waals surface area contributed by atoms with Crippen molar-refractivity contribution >= 4 is 72.1 Å². The maximum absolute atomic E-state index is 14.6. The number of rotatable bonds is 17. The summed E-state index contributed by atoms with van der Waals surface area (Å²) in [6.07, 6.45) is -6.58. The molecule has 1 aromatic rings. The van der Waals surface area contributed by atoms with Gasteiger partial charge in [0, 0.05) is 11.6 Å². The van der Waals surface area contributed by atoms with Crippen molar-refractivity contribution in [2.45, 2.75) is 44.5 Å². The number of imide groups is 1. The number of halogens is 18. The minimum absolute atomic E-state index is 0.173. The number of hydrogen-bond acceptors (Lipinski definition) is 16. The summed E-state index contributed by atoms with van der Waals surface area (Å²) >= 11 is 0. The number of alkyl halides is 18. The van der Waals surface area contributed by atoms with Crippen molar-refractivity contribution in [1.82, 2.24) is 13.6 Å². The van der Waals surface area contributed by atoms with Gasteiger partial charge in [-0.3, -0.25) is 14.9 Å². The van der Waals surface area contributed by atoms with Gasteiger partial charge in [-0.25, -0.2) is 33.7 Å². The highest BCUT2D eigenvalue weighted by Gasteiger charge is 2.84. The van der Waals surface area contributed by atoms with E-state index in [1.807, 2.05) is 0 Å². The fourth-order valence-electron chi connectivity index (χ4n) is 2.89. The normalized spacial score (nSPS) is 15.3. The molecule has 0 aliphatic carbocycles. The van der Waals surface area contributed by atoms with Gasteiger partial charge in [-0.05, 0) is 12.1 Å². The third kappa shape index (κ3) is 9.83. The van der Waals surface area contributed by atoms with E-state index in [1.54, 1.807) is 0 Å². The van der Waals surface area contributed by atoms with Gasteiger partial charge in [0.2, 0.25) is 10.0 Å². The molecule has 0 saturated carbocycles. The van der Waals surface area contributed by atoms with Crippen LogP contribution in [0.3, 0.4) is 0 Å². The van der Waals surface area contributed by atoms with Gasteiger partial charge >= 0.3 is 80.7 Å². The van der Waals surface area contributed by atoms with E-state index in [9.17, 15) is 139 Å². The second-order valence-electron chi connectivity index (χ2n) is 10.2. The van der Waals surface area contributed by atoms with Gasteiger partial charge in [-0.1, -0.05) is 4.13 Å². The quantitative estimate of drug-likeness (QED) is 0.146. The highest BCUT2D eigenvalue weighted by atomic mass is 32.3. The first kappa shape index (κ1) is 54.3. The van der Waals surface area contributed by atoms with Gasteiger partial charge in [0.1, 0.15) is 11.5 Å². The van der Waals surface area contributed by atoms with Gasteiger partial charge in [0.05, 0.1) is 6.26 Å². The van der Waals surface area contributed by atoms with Crippen LogP contribution < -0.4 is 21.9 Å². The van der Waals surface area contributed by atoms with Crippen LogP contribution in [0.5, 0.6) is 11.5 Å². The first-order chi connectivity index (χ1) is 25.7. The Morgan fingerprint density at radius 2 is 0.800 bits per heavy atom. The molecule has 0 atom stereocenters. The van der Waals surface area contributed by atoms with Gasteiger partial charge in [-0.15, -0.1) is 4.13 Å². The van der Waals surface area contributed by atoms with Crippen molar-refractivity contribution in [2.24, 2.45) is 0 Å². The lowest BCUT2D eigenvalue weighted by Gasteiger charge is -2.31. The van der Waals surface area contributed by atoms with Gasteiger partial charge in [0.25, 0.3) is 26.0 Å². The van der Waals surface area contributed by atoms with Crippen LogP contribution in [0.4, 0.5) is 79.0 Å². The van der Waals surface area contributed by atoms with E-state index in [2.05, 4.69) is 8.37 Å². The Morgan fingerprint density at radius 3 is 1.08 bits per heavy atom. The van der Waals surface area contributed by atoms with Gasteiger partial charge in [0.15, 0.2) is 0 Å². The molecule has 0 aliphatic rings. The zero-order valence-electron chi connectivity index (χ0n) is 26.5. The Balaban J connectivity index is 4.08. The summed E-state index contributed by atoms with van der Waals surface area (Å²) in [6, 6.07) is -2.84. The predicted octanol–water partition coefficient (Wildman–Crippen LogP) is 1.21. The molecule has 0 radical (unpaired) electrons. The van der Waals surface area contributed by atoms with Crippen molar-refractivity contribution in [2.75, 3.05) is 6.26 Å². The van der Waals surface area contributed by atoms with E-state index < -0.39 is 162 Å². The van der Waals surface area contributed by atoms with Crippen molar-refractivity contribution in [3.8, 4) is 11.5 Å². The Hall–Kier alpha value is -3.68. The summed E-state index contributed by atoms with van der Waals surface area (Å²) < 4.78 is 390. The average Bonchev–Trinajstić information content (AvgIpc) is 2.96. The van der Waals surface area contributed by atoms with Crippen LogP contribution in [0.15, 0.2) is 18.2 Å². The van der Waals surface area contributed by atoms with Gasteiger partial charge < -0.3 is 8.37 Å². The standard InChI is InChI=1S/C17H9F18N3O16S6/c1-55(41,42)37-56(43,44)13(25,26)11(21,22)15(29,30)59(49,50)53-6-2-5(8(39)36-9(40)10(18,19)20)3-7(4-6)54-60(51,52)16(31,32)12(23,24)14(27,28)57(45,46)38-58(47,48)17(33,34)35/h2-4,37-38H,1H3,(H,36,39,40). The lowest BCUT2D eigenvalue weighted by molar-refractivity contribution is -0.245. The number of hydrogen-bond donors (Lipinski definition) is 3. The molecular weight excluding hydrogens is 1040 g/mol. The third-order valence-corrected chi connectivity index (χ3v) is 14.5. The van der Waals surface area contributed by atoms with Crippen molar-refractivity contribution in [3.05, 3.63) is 23.8 Å². The van der Waals surface area contributed by atoms with Crippen LogP contribution >= 0.6 is 0 Å². The molecule has 2 amide bonds. The predicted molar refractivity (Wildman–Crippen MR) is 148 cm³/mol. The number of benzene rings is 1. The van der Waals surface area contributed by atoms with Crippen molar-refractivity contribution in [3.63, 3.8) is 0 Å². The first-order valence-corrected chi connectivity index (χ1v) is 21.7. The number of sulfonamides is 4. The van der Waals surface area contributed by atoms with Crippen molar-refractivity contribution < 1.29 is 147 Å². The smallest absolute Gasteiger partial charge is 0.378 e. The Morgan fingerprint density at radius 1 is 0.483 bits per heavy atom. The number of nitrogens with one attached hydrogen (secondary N) is 3. The zero-order valence-corrected chi connectivity index (χ0v) is 31.4. The number of carbonyl (C=O) groups is 2. The summed E-state index contributed by atoms with van der Waals surface area (Å²) in [7, 11) is -46.3. The largest absolute Gasteiger partial charge is 0.512 e. The maximum atomic E-state index is 14.6.